The Bertz CT molecular complexity index is 563. The van der Waals surface area contributed by atoms with Crippen LogP contribution in [0.4, 0.5) is 0 Å². The quantitative estimate of drug-likeness (QED) is 0.868. The maximum Gasteiger partial charge on any atom is 0.0698 e. The molecule has 0 saturated carbocycles. The lowest BCUT2D eigenvalue weighted by Gasteiger charge is -2.19. The molecule has 0 fully saturated rings. The molecule has 0 aliphatic heterocycles. The third-order valence-electron chi connectivity index (χ3n) is 3.47. The zero-order chi connectivity index (χ0) is 14.5. The van der Waals surface area contributed by atoms with Crippen LogP contribution in [-0.2, 0) is 13.0 Å². The van der Waals surface area contributed by atoms with E-state index in [1.165, 1.54) is 16.8 Å². The van der Waals surface area contributed by atoms with Gasteiger partial charge >= 0.3 is 0 Å². The highest BCUT2D eigenvalue weighted by Gasteiger charge is 2.18. The Morgan fingerprint density at radius 3 is 2.85 bits per heavy atom. The second kappa shape index (κ2) is 7.04. The lowest BCUT2D eigenvalue weighted by atomic mass is 10.0. The summed E-state index contributed by atoms with van der Waals surface area (Å²) in [6.07, 6.45) is 3.94. The van der Waals surface area contributed by atoms with Crippen molar-refractivity contribution < 1.29 is 0 Å². The van der Waals surface area contributed by atoms with E-state index in [0.717, 1.165) is 23.9 Å². The lowest BCUT2D eigenvalue weighted by molar-refractivity contribution is 0.495. The number of aryl methyl sites for hydroxylation is 2. The average Bonchev–Trinajstić information content (AvgIpc) is 2.78. The van der Waals surface area contributed by atoms with Gasteiger partial charge in [0.15, 0.2) is 0 Å². The largest absolute Gasteiger partial charge is 0.311 e. The number of halogens is 1. The summed E-state index contributed by atoms with van der Waals surface area (Å²) in [5.41, 5.74) is 3.88. The molecule has 0 aliphatic carbocycles. The number of aromatic nitrogens is 2. The normalized spacial score (nSPS) is 12.6. The molecule has 1 N–H and O–H groups in total. The van der Waals surface area contributed by atoms with E-state index in [-0.39, 0.29) is 6.04 Å². The smallest absolute Gasteiger partial charge is 0.0698 e. The number of nitrogens with zero attached hydrogens (tertiary/aromatic N) is 2. The molecule has 1 unspecified atom stereocenters. The van der Waals surface area contributed by atoms with E-state index in [1.807, 2.05) is 13.2 Å². The highest BCUT2D eigenvalue weighted by atomic mass is 79.9. The van der Waals surface area contributed by atoms with Gasteiger partial charge in [-0.3, -0.25) is 4.68 Å². The second-order valence-corrected chi connectivity index (χ2v) is 5.99. The van der Waals surface area contributed by atoms with Gasteiger partial charge < -0.3 is 5.32 Å². The molecule has 0 bridgehead atoms. The van der Waals surface area contributed by atoms with Crippen LogP contribution in [0.25, 0.3) is 0 Å². The topological polar surface area (TPSA) is 29.9 Å². The SMILES string of the molecule is CCCn1ncc(Br)c1C(Cc1cccc(C)c1)NC. The molecule has 1 aromatic carbocycles. The number of hydrogen-bond donors (Lipinski definition) is 1. The van der Waals surface area contributed by atoms with Gasteiger partial charge in [0.05, 0.1) is 22.4 Å². The Balaban J connectivity index is 2.26. The van der Waals surface area contributed by atoms with Crippen molar-refractivity contribution in [2.75, 3.05) is 7.05 Å². The van der Waals surface area contributed by atoms with E-state index < -0.39 is 0 Å². The average molecular weight is 336 g/mol. The van der Waals surface area contributed by atoms with Gasteiger partial charge in [0.1, 0.15) is 0 Å². The van der Waals surface area contributed by atoms with Gasteiger partial charge in [0.2, 0.25) is 0 Å². The standard InChI is InChI=1S/C16H22BrN3/c1-4-8-20-16(14(17)11-19-20)15(18-3)10-13-7-5-6-12(2)9-13/h5-7,9,11,15,18H,4,8,10H2,1-3H3. The highest BCUT2D eigenvalue weighted by molar-refractivity contribution is 9.10. The predicted octanol–water partition coefficient (Wildman–Crippen LogP) is 3.87. The molecule has 1 aromatic heterocycles. The summed E-state index contributed by atoms with van der Waals surface area (Å²) < 4.78 is 3.18. The van der Waals surface area contributed by atoms with E-state index in [9.17, 15) is 0 Å². The van der Waals surface area contributed by atoms with Crippen molar-refractivity contribution >= 4 is 15.9 Å². The van der Waals surface area contributed by atoms with Crippen LogP contribution < -0.4 is 5.32 Å². The van der Waals surface area contributed by atoms with Crippen LogP contribution in [0.3, 0.4) is 0 Å². The van der Waals surface area contributed by atoms with Crippen molar-refractivity contribution in [3.8, 4) is 0 Å². The second-order valence-electron chi connectivity index (χ2n) is 5.14. The van der Waals surface area contributed by atoms with E-state index >= 15 is 0 Å². The van der Waals surface area contributed by atoms with Gasteiger partial charge in [0.25, 0.3) is 0 Å². The van der Waals surface area contributed by atoms with Crippen molar-refractivity contribution in [3.05, 3.63) is 51.8 Å². The van der Waals surface area contributed by atoms with Gasteiger partial charge in [-0.25, -0.2) is 0 Å². The summed E-state index contributed by atoms with van der Waals surface area (Å²) in [6.45, 7) is 5.26. The minimum absolute atomic E-state index is 0.264. The van der Waals surface area contributed by atoms with Gasteiger partial charge in [-0.05, 0) is 48.3 Å². The molecule has 0 amide bonds. The number of likely N-dealkylation sites (N-methyl/N-ethyl adjacent to an activating group) is 1. The summed E-state index contributed by atoms with van der Waals surface area (Å²) in [5, 5.41) is 7.88. The van der Waals surface area contributed by atoms with Gasteiger partial charge in [-0.2, -0.15) is 5.10 Å². The summed E-state index contributed by atoms with van der Waals surface area (Å²) in [5.74, 6) is 0. The molecule has 1 heterocycles. The maximum atomic E-state index is 4.46. The Labute approximate surface area is 129 Å². The first-order valence-electron chi connectivity index (χ1n) is 7.09. The molecule has 2 rings (SSSR count). The molecule has 20 heavy (non-hydrogen) atoms. The minimum Gasteiger partial charge on any atom is -0.311 e. The fourth-order valence-corrected chi connectivity index (χ4v) is 3.09. The molecular formula is C16H22BrN3. The van der Waals surface area contributed by atoms with E-state index in [1.54, 1.807) is 0 Å². The van der Waals surface area contributed by atoms with Crippen molar-refractivity contribution in [2.24, 2.45) is 0 Å². The van der Waals surface area contributed by atoms with Crippen LogP contribution in [0.5, 0.6) is 0 Å². The molecule has 2 aromatic rings. The fraction of sp³-hybridized carbons (Fsp3) is 0.438. The number of nitrogens with one attached hydrogen (secondary N) is 1. The first-order valence-corrected chi connectivity index (χ1v) is 7.89. The van der Waals surface area contributed by atoms with Crippen molar-refractivity contribution in [1.29, 1.82) is 0 Å². The molecule has 0 aliphatic rings. The summed E-state index contributed by atoms with van der Waals surface area (Å²) >= 11 is 3.63. The van der Waals surface area contributed by atoms with E-state index in [4.69, 9.17) is 0 Å². The Morgan fingerprint density at radius 2 is 2.20 bits per heavy atom. The van der Waals surface area contributed by atoms with Gasteiger partial charge in [-0.1, -0.05) is 36.8 Å². The Hall–Kier alpha value is -1.13. The van der Waals surface area contributed by atoms with Crippen LogP contribution >= 0.6 is 15.9 Å². The summed E-state index contributed by atoms with van der Waals surface area (Å²) in [7, 11) is 2.01. The molecule has 3 nitrogen and oxygen atoms in total. The maximum absolute atomic E-state index is 4.46. The number of benzene rings is 1. The van der Waals surface area contributed by atoms with Crippen LogP contribution in [0.1, 0.15) is 36.2 Å². The minimum atomic E-state index is 0.264. The molecule has 0 radical (unpaired) electrons. The first-order chi connectivity index (χ1) is 9.65. The van der Waals surface area contributed by atoms with E-state index in [0.29, 0.717) is 0 Å². The molecule has 4 heteroatoms. The lowest BCUT2D eigenvalue weighted by Crippen LogP contribution is -2.23. The molecular weight excluding hydrogens is 314 g/mol. The molecule has 108 valence electrons. The van der Waals surface area contributed by atoms with Gasteiger partial charge in [0, 0.05) is 6.54 Å². The van der Waals surface area contributed by atoms with Crippen LogP contribution in [-0.4, -0.2) is 16.8 Å². The first kappa shape index (κ1) is 15.3. The summed E-state index contributed by atoms with van der Waals surface area (Å²) in [4.78, 5) is 0. The van der Waals surface area contributed by atoms with Gasteiger partial charge in [-0.15, -0.1) is 0 Å². The summed E-state index contributed by atoms with van der Waals surface area (Å²) in [6, 6.07) is 8.95. The molecule has 1 atom stereocenters. The number of hydrogen-bond acceptors (Lipinski definition) is 2. The third-order valence-corrected chi connectivity index (χ3v) is 4.08. The van der Waals surface area contributed by atoms with Crippen LogP contribution in [0.15, 0.2) is 34.9 Å². The molecule has 0 saturated heterocycles. The van der Waals surface area contributed by atoms with Crippen LogP contribution in [0, 0.1) is 6.92 Å². The van der Waals surface area contributed by atoms with Crippen molar-refractivity contribution in [2.45, 2.75) is 39.3 Å². The number of rotatable bonds is 6. The van der Waals surface area contributed by atoms with Crippen molar-refractivity contribution in [3.63, 3.8) is 0 Å². The Kier molecular flexibility index (Phi) is 5.38. The zero-order valence-electron chi connectivity index (χ0n) is 12.4. The van der Waals surface area contributed by atoms with Crippen LogP contribution in [0.2, 0.25) is 0 Å². The monoisotopic (exact) mass is 335 g/mol. The Morgan fingerprint density at radius 1 is 1.40 bits per heavy atom. The highest BCUT2D eigenvalue weighted by Crippen LogP contribution is 2.26. The zero-order valence-corrected chi connectivity index (χ0v) is 13.9. The van der Waals surface area contributed by atoms with Crippen molar-refractivity contribution in [1.82, 2.24) is 15.1 Å². The fourth-order valence-electron chi connectivity index (χ4n) is 2.52. The van der Waals surface area contributed by atoms with E-state index in [2.05, 4.69) is 69.1 Å². The predicted molar refractivity (Wildman–Crippen MR) is 86.9 cm³/mol. The third kappa shape index (κ3) is 3.49. The molecule has 0 spiro atoms.